The number of anilines is 1. The summed E-state index contributed by atoms with van der Waals surface area (Å²) in [6.45, 7) is 5.64. The van der Waals surface area contributed by atoms with E-state index in [1.165, 1.54) is 24.5 Å². The molecule has 3 rings (SSSR count). The summed E-state index contributed by atoms with van der Waals surface area (Å²) >= 11 is 6.01. The van der Waals surface area contributed by atoms with Gasteiger partial charge in [-0.05, 0) is 32.0 Å². The molecule has 0 aliphatic carbocycles. The summed E-state index contributed by atoms with van der Waals surface area (Å²) in [5.41, 5.74) is 0. The first-order valence-electron chi connectivity index (χ1n) is 10.0. The number of benzene rings is 1. The van der Waals surface area contributed by atoms with E-state index in [9.17, 15) is 14.0 Å². The molecule has 1 saturated heterocycles. The molecule has 1 aliphatic heterocycles. The largest absolute Gasteiger partial charge is 0.466 e. The van der Waals surface area contributed by atoms with Gasteiger partial charge in [-0.15, -0.1) is 0 Å². The van der Waals surface area contributed by atoms with E-state index in [0.29, 0.717) is 32.1 Å². The quantitative estimate of drug-likeness (QED) is 0.597. The molecule has 0 radical (unpaired) electrons. The van der Waals surface area contributed by atoms with E-state index in [-0.39, 0.29) is 47.4 Å². The van der Waals surface area contributed by atoms with Gasteiger partial charge in [0.1, 0.15) is 23.7 Å². The van der Waals surface area contributed by atoms with Gasteiger partial charge in [0.15, 0.2) is 0 Å². The number of halogens is 2. The zero-order valence-corrected chi connectivity index (χ0v) is 18.1. The van der Waals surface area contributed by atoms with Gasteiger partial charge in [-0.2, -0.15) is 0 Å². The van der Waals surface area contributed by atoms with E-state index >= 15 is 0 Å². The molecular weight excluding hydrogens is 427 g/mol. The lowest BCUT2D eigenvalue weighted by molar-refractivity contribution is -0.146. The minimum absolute atomic E-state index is 0.0608. The van der Waals surface area contributed by atoms with E-state index in [4.69, 9.17) is 21.1 Å². The van der Waals surface area contributed by atoms with Gasteiger partial charge < -0.3 is 19.3 Å². The Hall–Kier alpha value is -2.94. The predicted molar refractivity (Wildman–Crippen MR) is 113 cm³/mol. The van der Waals surface area contributed by atoms with E-state index in [1.54, 1.807) is 17.9 Å². The van der Waals surface area contributed by atoms with Crippen LogP contribution in [0.3, 0.4) is 0 Å². The molecule has 0 saturated carbocycles. The van der Waals surface area contributed by atoms with Crippen molar-refractivity contribution in [2.45, 2.75) is 32.7 Å². The Labute approximate surface area is 184 Å². The number of aromatic nitrogens is 2. The summed E-state index contributed by atoms with van der Waals surface area (Å²) in [7, 11) is 0. The van der Waals surface area contributed by atoms with Crippen molar-refractivity contribution < 1.29 is 23.5 Å². The van der Waals surface area contributed by atoms with Gasteiger partial charge in [-0.1, -0.05) is 11.6 Å². The van der Waals surface area contributed by atoms with Crippen molar-refractivity contribution in [3.05, 3.63) is 41.4 Å². The van der Waals surface area contributed by atoms with Crippen LogP contribution in [0.2, 0.25) is 5.02 Å². The van der Waals surface area contributed by atoms with E-state index in [2.05, 4.69) is 9.97 Å². The number of amides is 1. The van der Waals surface area contributed by atoms with Gasteiger partial charge in [0, 0.05) is 38.2 Å². The van der Waals surface area contributed by atoms with Crippen molar-refractivity contribution in [1.29, 1.82) is 0 Å². The summed E-state index contributed by atoms with van der Waals surface area (Å²) in [6, 6.07) is 5.46. The minimum Gasteiger partial charge on any atom is -0.466 e. The number of hydrogen-bond acceptors (Lipinski definition) is 7. The molecule has 31 heavy (non-hydrogen) atoms. The highest BCUT2D eigenvalue weighted by atomic mass is 35.5. The first-order valence-corrected chi connectivity index (χ1v) is 10.4. The highest BCUT2D eigenvalue weighted by molar-refractivity contribution is 6.32. The number of nitrogens with zero attached hydrogens (tertiary/aromatic N) is 4. The van der Waals surface area contributed by atoms with Crippen molar-refractivity contribution in [3.8, 4) is 11.6 Å². The third-order valence-corrected chi connectivity index (χ3v) is 5.15. The van der Waals surface area contributed by atoms with Crippen LogP contribution in [0, 0.1) is 5.82 Å². The number of carbonyl (C=O) groups is 2. The van der Waals surface area contributed by atoms with Crippen LogP contribution in [0.5, 0.6) is 11.6 Å². The average molecular weight is 451 g/mol. The molecule has 2 heterocycles. The molecule has 8 nitrogen and oxygen atoms in total. The van der Waals surface area contributed by atoms with Gasteiger partial charge in [0.25, 0.3) is 0 Å². The van der Waals surface area contributed by atoms with Crippen LogP contribution >= 0.6 is 11.6 Å². The number of ether oxygens (including phenoxy) is 2. The fraction of sp³-hybridized carbons (Fsp3) is 0.429. The first-order chi connectivity index (χ1) is 14.9. The van der Waals surface area contributed by atoms with Gasteiger partial charge >= 0.3 is 5.97 Å². The van der Waals surface area contributed by atoms with E-state index in [1.807, 2.05) is 11.8 Å². The average Bonchev–Trinajstić information content (AvgIpc) is 2.74. The fourth-order valence-corrected chi connectivity index (χ4v) is 3.56. The highest BCUT2D eigenvalue weighted by Gasteiger charge is 2.28. The summed E-state index contributed by atoms with van der Waals surface area (Å²) in [4.78, 5) is 36.2. The highest BCUT2D eigenvalue weighted by Crippen LogP contribution is 2.30. The Morgan fingerprint density at radius 2 is 2.03 bits per heavy atom. The molecule has 0 bridgehead atoms. The standard InChI is InChI=1S/C21H24ClFN4O4/c1-3-30-21(29)7-6-20(28)27-9-8-26(12-14(27)2)18-11-19(25-13-24-18)31-17-5-4-15(23)10-16(17)22/h4-5,10-11,13-14H,3,6-9,12H2,1-2H3/t14-/m0/s1. The Bertz CT molecular complexity index is 945. The second-order valence-corrected chi connectivity index (χ2v) is 7.49. The van der Waals surface area contributed by atoms with Crippen molar-refractivity contribution in [2.24, 2.45) is 0 Å². The predicted octanol–water partition coefficient (Wildman–Crippen LogP) is 3.44. The lowest BCUT2D eigenvalue weighted by atomic mass is 10.1. The maximum atomic E-state index is 13.2. The molecule has 0 spiro atoms. The molecule has 1 amide bonds. The maximum absolute atomic E-state index is 13.2. The molecule has 0 N–H and O–H groups in total. The lowest BCUT2D eigenvalue weighted by Gasteiger charge is -2.40. The first kappa shape index (κ1) is 22.7. The second-order valence-electron chi connectivity index (χ2n) is 7.08. The maximum Gasteiger partial charge on any atom is 0.306 e. The topological polar surface area (TPSA) is 84.9 Å². The third kappa shape index (κ3) is 6.04. The normalized spacial score (nSPS) is 16.2. The molecule has 1 atom stereocenters. The van der Waals surface area contributed by atoms with E-state index in [0.717, 1.165) is 0 Å². The van der Waals surface area contributed by atoms with Gasteiger partial charge in [-0.3, -0.25) is 9.59 Å². The zero-order chi connectivity index (χ0) is 22.4. The SMILES string of the molecule is CCOC(=O)CCC(=O)N1CCN(c2cc(Oc3ccc(F)cc3Cl)ncn2)C[C@@H]1C. The van der Waals surface area contributed by atoms with Gasteiger partial charge in [0.2, 0.25) is 11.8 Å². The smallest absolute Gasteiger partial charge is 0.306 e. The number of esters is 1. The van der Waals surface area contributed by atoms with Crippen molar-refractivity contribution in [3.63, 3.8) is 0 Å². The molecule has 2 aromatic rings. The Morgan fingerprint density at radius 3 is 2.74 bits per heavy atom. The number of rotatable bonds is 7. The number of piperazine rings is 1. The lowest BCUT2D eigenvalue weighted by Crippen LogP contribution is -2.54. The van der Waals surface area contributed by atoms with Crippen molar-refractivity contribution in [1.82, 2.24) is 14.9 Å². The van der Waals surface area contributed by atoms with E-state index < -0.39 is 5.82 Å². The van der Waals surface area contributed by atoms with Crippen LogP contribution < -0.4 is 9.64 Å². The minimum atomic E-state index is -0.454. The van der Waals surface area contributed by atoms with Gasteiger partial charge in [0.05, 0.1) is 18.1 Å². The molecule has 0 unspecified atom stereocenters. The molecule has 1 fully saturated rings. The summed E-state index contributed by atoms with van der Waals surface area (Å²) in [5.74, 6) is 0.324. The monoisotopic (exact) mass is 450 g/mol. The van der Waals surface area contributed by atoms with Crippen LogP contribution in [-0.4, -0.2) is 59.0 Å². The van der Waals surface area contributed by atoms with Crippen LogP contribution in [-0.2, 0) is 14.3 Å². The van der Waals surface area contributed by atoms with Crippen molar-refractivity contribution >= 4 is 29.3 Å². The van der Waals surface area contributed by atoms with Crippen molar-refractivity contribution in [2.75, 3.05) is 31.1 Å². The molecule has 1 aromatic heterocycles. The number of hydrogen-bond donors (Lipinski definition) is 0. The molecular formula is C21H24ClFN4O4. The summed E-state index contributed by atoms with van der Waals surface area (Å²) < 4.78 is 23.8. The molecule has 1 aliphatic rings. The fourth-order valence-electron chi connectivity index (χ4n) is 3.35. The second kappa shape index (κ2) is 10.4. The molecule has 1 aromatic carbocycles. The Balaban J connectivity index is 1.60. The summed E-state index contributed by atoms with van der Waals surface area (Å²) in [5, 5.41) is 0.142. The Morgan fingerprint density at radius 1 is 1.23 bits per heavy atom. The molecule has 166 valence electrons. The van der Waals surface area contributed by atoms with Gasteiger partial charge in [-0.25, -0.2) is 14.4 Å². The number of carbonyl (C=O) groups excluding carboxylic acids is 2. The Kier molecular flexibility index (Phi) is 7.62. The van der Waals surface area contributed by atoms with Crippen LogP contribution in [0.4, 0.5) is 10.2 Å². The van der Waals surface area contributed by atoms with Crippen LogP contribution in [0.25, 0.3) is 0 Å². The summed E-state index contributed by atoms with van der Waals surface area (Å²) in [6.07, 6.45) is 1.59. The van der Waals surface area contributed by atoms with Crippen LogP contribution in [0.1, 0.15) is 26.7 Å². The van der Waals surface area contributed by atoms with Crippen LogP contribution in [0.15, 0.2) is 30.6 Å². The molecule has 10 heteroatoms. The third-order valence-electron chi connectivity index (χ3n) is 4.86. The zero-order valence-electron chi connectivity index (χ0n) is 17.4.